The number of pyridine rings is 1. The second-order valence-electron chi connectivity index (χ2n) is 2.72. The highest BCUT2D eigenvalue weighted by Crippen LogP contribution is 2.00. The van der Waals surface area contributed by atoms with Gasteiger partial charge in [0.2, 0.25) is 0 Å². The van der Waals surface area contributed by atoms with E-state index in [9.17, 15) is 0 Å². The van der Waals surface area contributed by atoms with Gasteiger partial charge in [0.25, 0.3) is 0 Å². The monoisotopic (exact) mass is 150 g/mol. The Balaban J connectivity index is 2.52. The van der Waals surface area contributed by atoms with Gasteiger partial charge in [-0.25, -0.2) is 0 Å². The molecule has 2 nitrogen and oxygen atoms in total. The van der Waals surface area contributed by atoms with Crippen molar-refractivity contribution in [3.63, 3.8) is 0 Å². The van der Waals surface area contributed by atoms with Gasteiger partial charge in [0.15, 0.2) is 0 Å². The van der Waals surface area contributed by atoms with Crippen LogP contribution in [0, 0.1) is 6.92 Å². The van der Waals surface area contributed by atoms with Crippen molar-refractivity contribution in [2.75, 3.05) is 6.54 Å². The summed E-state index contributed by atoms with van der Waals surface area (Å²) in [6, 6.07) is 4.14. The first-order chi connectivity index (χ1) is 5.33. The van der Waals surface area contributed by atoms with Crippen LogP contribution in [-0.2, 0) is 6.42 Å². The first-order valence-corrected chi connectivity index (χ1v) is 3.94. The quantitative estimate of drug-likeness (QED) is 0.705. The van der Waals surface area contributed by atoms with Crippen molar-refractivity contribution in [3.8, 4) is 0 Å². The molecule has 0 aliphatic rings. The standard InChI is InChI=1S/C9H14N2/c1-8-4-5-9(11-7-8)3-2-6-10/h4-5,7H,2-3,6,10H2,1H3. The number of hydrogen-bond donors (Lipinski definition) is 1. The molecule has 1 aromatic heterocycles. The first kappa shape index (κ1) is 8.21. The predicted molar refractivity (Wildman–Crippen MR) is 46.3 cm³/mol. The van der Waals surface area contributed by atoms with Crippen LogP contribution >= 0.6 is 0 Å². The van der Waals surface area contributed by atoms with E-state index in [-0.39, 0.29) is 0 Å². The Morgan fingerprint density at radius 1 is 1.45 bits per heavy atom. The average Bonchev–Trinajstić information content (AvgIpc) is 2.04. The summed E-state index contributed by atoms with van der Waals surface area (Å²) in [6.45, 7) is 2.79. The molecule has 60 valence electrons. The van der Waals surface area contributed by atoms with Crippen LogP contribution in [0.25, 0.3) is 0 Å². The number of rotatable bonds is 3. The van der Waals surface area contributed by atoms with E-state index in [0.717, 1.165) is 25.1 Å². The van der Waals surface area contributed by atoms with Crippen LogP contribution in [0.5, 0.6) is 0 Å². The molecule has 1 heterocycles. The molecule has 0 aromatic carbocycles. The van der Waals surface area contributed by atoms with Gasteiger partial charge >= 0.3 is 0 Å². The zero-order valence-electron chi connectivity index (χ0n) is 6.88. The van der Waals surface area contributed by atoms with Crippen LogP contribution in [0.4, 0.5) is 0 Å². The Hall–Kier alpha value is -0.890. The summed E-state index contributed by atoms with van der Waals surface area (Å²) in [5, 5.41) is 0. The SMILES string of the molecule is Cc1ccc(CCCN)nc1. The second kappa shape index (κ2) is 4.09. The summed E-state index contributed by atoms with van der Waals surface area (Å²) in [7, 11) is 0. The summed E-state index contributed by atoms with van der Waals surface area (Å²) in [4.78, 5) is 4.26. The maximum atomic E-state index is 5.38. The highest BCUT2D eigenvalue weighted by molar-refractivity contribution is 5.12. The van der Waals surface area contributed by atoms with Gasteiger partial charge in [0, 0.05) is 11.9 Å². The Labute approximate surface area is 67.5 Å². The molecule has 0 fully saturated rings. The molecule has 0 spiro atoms. The fraction of sp³-hybridized carbons (Fsp3) is 0.444. The lowest BCUT2D eigenvalue weighted by Crippen LogP contribution is -2.01. The third-order valence-electron chi connectivity index (χ3n) is 1.61. The van der Waals surface area contributed by atoms with E-state index in [4.69, 9.17) is 5.73 Å². The third kappa shape index (κ3) is 2.68. The second-order valence-corrected chi connectivity index (χ2v) is 2.72. The molecule has 0 saturated carbocycles. The molecular formula is C9H14N2. The molecule has 0 aliphatic carbocycles. The number of nitrogens with two attached hydrogens (primary N) is 1. The van der Waals surface area contributed by atoms with Crippen molar-refractivity contribution in [1.29, 1.82) is 0 Å². The van der Waals surface area contributed by atoms with E-state index in [1.807, 2.05) is 13.1 Å². The largest absolute Gasteiger partial charge is 0.330 e. The highest BCUT2D eigenvalue weighted by Gasteiger charge is 1.91. The minimum absolute atomic E-state index is 0.746. The average molecular weight is 150 g/mol. The van der Waals surface area contributed by atoms with E-state index in [2.05, 4.69) is 17.1 Å². The van der Waals surface area contributed by atoms with E-state index < -0.39 is 0 Å². The zero-order valence-corrected chi connectivity index (χ0v) is 6.88. The Bertz CT molecular complexity index is 203. The van der Waals surface area contributed by atoms with Crippen molar-refractivity contribution in [2.24, 2.45) is 5.73 Å². The van der Waals surface area contributed by atoms with Gasteiger partial charge in [0.1, 0.15) is 0 Å². The van der Waals surface area contributed by atoms with Crippen LogP contribution in [0.2, 0.25) is 0 Å². The fourth-order valence-corrected chi connectivity index (χ4v) is 0.929. The topological polar surface area (TPSA) is 38.9 Å². The summed E-state index contributed by atoms with van der Waals surface area (Å²) in [5.41, 5.74) is 7.73. The van der Waals surface area contributed by atoms with Crippen molar-refractivity contribution in [1.82, 2.24) is 4.98 Å². The summed E-state index contributed by atoms with van der Waals surface area (Å²) >= 11 is 0. The van der Waals surface area contributed by atoms with Crippen molar-refractivity contribution >= 4 is 0 Å². The molecule has 0 amide bonds. The maximum absolute atomic E-state index is 5.38. The predicted octanol–water partition coefficient (Wildman–Crippen LogP) is 1.28. The van der Waals surface area contributed by atoms with Crippen molar-refractivity contribution in [3.05, 3.63) is 29.6 Å². The van der Waals surface area contributed by atoms with E-state index >= 15 is 0 Å². The molecule has 1 aromatic rings. The molecule has 0 bridgehead atoms. The molecule has 0 aliphatic heterocycles. The number of nitrogens with zero attached hydrogens (tertiary/aromatic N) is 1. The summed E-state index contributed by atoms with van der Waals surface area (Å²) < 4.78 is 0. The fourth-order valence-electron chi connectivity index (χ4n) is 0.929. The van der Waals surface area contributed by atoms with Crippen LogP contribution in [0.3, 0.4) is 0 Å². The van der Waals surface area contributed by atoms with Crippen LogP contribution in [0.1, 0.15) is 17.7 Å². The lowest BCUT2D eigenvalue weighted by atomic mass is 10.2. The number of aryl methyl sites for hydroxylation is 2. The number of aromatic nitrogens is 1. The molecule has 0 saturated heterocycles. The van der Waals surface area contributed by atoms with Crippen molar-refractivity contribution < 1.29 is 0 Å². The Morgan fingerprint density at radius 2 is 2.27 bits per heavy atom. The van der Waals surface area contributed by atoms with Crippen molar-refractivity contribution in [2.45, 2.75) is 19.8 Å². The van der Waals surface area contributed by atoms with E-state index in [0.29, 0.717) is 0 Å². The lowest BCUT2D eigenvalue weighted by molar-refractivity contribution is 0.809. The number of hydrogen-bond acceptors (Lipinski definition) is 2. The molecule has 11 heavy (non-hydrogen) atoms. The molecular weight excluding hydrogens is 136 g/mol. The minimum Gasteiger partial charge on any atom is -0.330 e. The van der Waals surface area contributed by atoms with Gasteiger partial charge < -0.3 is 5.73 Å². The maximum Gasteiger partial charge on any atom is 0.0404 e. The van der Waals surface area contributed by atoms with Gasteiger partial charge in [-0.2, -0.15) is 0 Å². The van der Waals surface area contributed by atoms with Gasteiger partial charge in [-0.1, -0.05) is 6.07 Å². The van der Waals surface area contributed by atoms with Gasteiger partial charge in [-0.15, -0.1) is 0 Å². The zero-order chi connectivity index (χ0) is 8.10. The first-order valence-electron chi connectivity index (χ1n) is 3.94. The molecule has 1 rings (SSSR count). The summed E-state index contributed by atoms with van der Waals surface area (Å²) in [6.07, 6.45) is 3.92. The minimum atomic E-state index is 0.746. The molecule has 0 radical (unpaired) electrons. The van der Waals surface area contributed by atoms with Crippen LogP contribution in [-0.4, -0.2) is 11.5 Å². The molecule has 0 atom stereocenters. The van der Waals surface area contributed by atoms with E-state index in [1.54, 1.807) is 0 Å². The Kier molecular flexibility index (Phi) is 3.05. The molecule has 2 heteroatoms. The van der Waals surface area contributed by atoms with Crippen LogP contribution < -0.4 is 5.73 Å². The van der Waals surface area contributed by atoms with Gasteiger partial charge in [0.05, 0.1) is 0 Å². The highest BCUT2D eigenvalue weighted by atomic mass is 14.7. The van der Waals surface area contributed by atoms with E-state index in [1.165, 1.54) is 5.56 Å². The third-order valence-corrected chi connectivity index (χ3v) is 1.61. The smallest absolute Gasteiger partial charge is 0.0404 e. The van der Waals surface area contributed by atoms with Crippen LogP contribution in [0.15, 0.2) is 18.3 Å². The Morgan fingerprint density at radius 3 is 2.82 bits per heavy atom. The molecule has 2 N–H and O–H groups in total. The summed E-state index contributed by atoms with van der Waals surface area (Å²) in [5.74, 6) is 0. The lowest BCUT2D eigenvalue weighted by Gasteiger charge is -1.98. The van der Waals surface area contributed by atoms with Gasteiger partial charge in [-0.3, -0.25) is 4.98 Å². The van der Waals surface area contributed by atoms with Gasteiger partial charge in [-0.05, 0) is 37.9 Å². The molecule has 0 unspecified atom stereocenters. The normalized spacial score (nSPS) is 10.0.